The van der Waals surface area contributed by atoms with Crippen molar-refractivity contribution in [1.82, 2.24) is 10.6 Å². The molecule has 0 spiro atoms. The summed E-state index contributed by atoms with van der Waals surface area (Å²) in [4.78, 5) is 18.4. The predicted molar refractivity (Wildman–Crippen MR) is 116 cm³/mol. The molecule has 2 aromatic carbocycles. The van der Waals surface area contributed by atoms with Gasteiger partial charge in [0.25, 0.3) is 5.91 Å². The third-order valence-electron chi connectivity index (χ3n) is 6.48. The van der Waals surface area contributed by atoms with Crippen LogP contribution in [-0.4, -0.2) is 43.9 Å². The van der Waals surface area contributed by atoms with E-state index in [0.29, 0.717) is 47.4 Å². The normalized spacial score (nSPS) is 28.7. The molecule has 2 aromatic rings. The van der Waals surface area contributed by atoms with Crippen molar-refractivity contribution in [3.63, 3.8) is 0 Å². The lowest BCUT2D eigenvalue weighted by Crippen LogP contribution is -2.29. The van der Waals surface area contributed by atoms with Gasteiger partial charge in [0.1, 0.15) is 18.1 Å². The molecule has 1 saturated carbocycles. The minimum absolute atomic E-state index is 0.292. The van der Waals surface area contributed by atoms with E-state index in [-0.39, 0.29) is 5.91 Å². The van der Waals surface area contributed by atoms with Gasteiger partial charge in [-0.1, -0.05) is 23.4 Å². The number of halogens is 1. The van der Waals surface area contributed by atoms with Crippen molar-refractivity contribution in [3.8, 4) is 0 Å². The summed E-state index contributed by atoms with van der Waals surface area (Å²) in [6, 6.07) is 12.5. The fraction of sp³-hybridized carbons (Fsp3) is 0.304. The topological polar surface area (TPSA) is 86.8 Å². The number of hydrogen-bond donors (Lipinski definition) is 4. The number of carbonyl (C=O) groups excluding carboxylic acids is 1. The molecular formula is C23H22FN5O2. The van der Waals surface area contributed by atoms with Crippen molar-refractivity contribution in [3.05, 3.63) is 65.1 Å². The summed E-state index contributed by atoms with van der Waals surface area (Å²) in [5.41, 5.74) is 4.22. The van der Waals surface area contributed by atoms with Gasteiger partial charge in [-0.05, 0) is 49.2 Å². The lowest BCUT2D eigenvalue weighted by Gasteiger charge is -2.08. The van der Waals surface area contributed by atoms with E-state index in [1.54, 1.807) is 6.07 Å². The van der Waals surface area contributed by atoms with Crippen molar-refractivity contribution in [1.29, 1.82) is 0 Å². The first-order valence-electron chi connectivity index (χ1n) is 10.6. The van der Waals surface area contributed by atoms with E-state index in [1.807, 2.05) is 24.3 Å². The number of anilines is 2. The number of nitrogens with one attached hydrogen (secondary N) is 4. The largest absolute Gasteiger partial charge is 0.394 e. The number of rotatable bonds is 5. The van der Waals surface area contributed by atoms with Crippen molar-refractivity contribution < 1.29 is 14.0 Å². The number of piperidine rings is 1. The molecular weight excluding hydrogens is 397 g/mol. The van der Waals surface area contributed by atoms with Gasteiger partial charge < -0.3 is 26.1 Å². The second-order valence-electron chi connectivity index (χ2n) is 8.30. The maximum atomic E-state index is 13.9. The average molecular weight is 419 g/mol. The standard InChI is InChI=1S/C23H22FN5O2/c24-12-5-6-18-14(9-12)19(23(30)28-18)22-21(13-3-1-2-4-17(13)27-22)29-31-8-7-26-20-15-10-25-11-16(15)20/h1-6,9,15-16,20,25-27H,7-8,10-11H2,(H,28,30)/b22-19-,29-21+/t15-,16+,20-. The average Bonchev–Trinajstić information content (AvgIpc) is 3.12. The number of oxime groups is 1. The summed E-state index contributed by atoms with van der Waals surface area (Å²) >= 11 is 0. The number of para-hydroxylation sites is 1. The lowest BCUT2D eigenvalue weighted by atomic mass is 10.0. The van der Waals surface area contributed by atoms with Gasteiger partial charge in [-0.3, -0.25) is 4.79 Å². The second-order valence-corrected chi connectivity index (χ2v) is 8.30. The molecule has 0 bridgehead atoms. The molecule has 31 heavy (non-hydrogen) atoms. The molecule has 4 N–H and O–H groups in total. The van der Waals surface area contributed by atoms with Gasteiger partial charge in [0, 0.05) is 35.1 Å². The van der Waals surface area contributed by atoms with E-state index < -0.39 is 5.82 Å². The molecule has 1 amide bonds. The minimum Gasteiger partial charge on any atom is -0.394 e. The first-order chi connectivity index (χ1) is 15.2. The van der Waals surface area contributed by atoms with Crippen molar-refractivity contribution in [2.75, 3.05) is 36.9 Å². The first kappa shape index (κ1) is 18.5. The molecule has 7 nitrogen and oxygen atoms in total. The lowest BCUT2D eigenvalue weighted by molar-refractivity contribution is -0.110. The first-order valence-corrected chi connectivity index (χ1v) is 10.6. The Morgan fingerprint density at radius 3 is 2.74 bits per heavy atom. The predicted octanol–water partition coefficient (Wildman–Crippen LogP) is 2.14. The molecule has 4 aliphatic rings. The van der Waals surface area contributed by atoms with Gasteiger partial charge in [-0.25, -0.2) is 4.39 Å². The van der Waals surface area contributed by atoms with Crippen LogP contribution in [0.15, 0.2) is 53.3 Å². The summed E-state index contributed by atoms with van der Waals surface area (Å²) in [7, 11) is 0. The number of amides is 1. The van der Waals surface area contributed by atoms with Crippen LogP contribution in [0, 0.1) is 17.7 Å². The van der Waals surface area contributed by atoms with E-state index in [9.17, 15) is 9.18 Å². The summed E-state index contributed by atoms with van der Waals surface area (Å²) < 4.78 is 13.9. The Balaban J connectivity index is 1.26. The molecule has 158 valence electrons. The third kappa shape index (κ3) is 3.10. The van der Waals surface area contributed by atoms with Gasteiger partial charge in [-0.2, -0.15) is 0 Å². The summed E-state index contributed by atoms with van der Waals surface area (Å²) in [6.07, 6.45) is 0. The maximum absolute atomic E-state index is 13.9. The fourth-order valence-electron chi connectivity index (χ4n) is 4.89. The van der Waals surface area contributed by atoms with Crippen molar-refractivity contribution >= 4 is 28.6 Å². The van der Waals surface area contributed by atoms with Crippen LogP contribution < -0.4 is 21.3 Å². The van der Waals surface area contributed by atoms with Crippen LogP contribution in [0.25, 0.3) is 5.57 Å². The monoisotopic (exact) mass is 419 g/mol. The highest BCUT2D eigenvalue weighted by Gasteiger charge is 2.52. The molecule has 1 saturated heterocycles. The molecule has 3 atom stereocenters. The molecule has 0 radical (unpaired) electrons. The number of benzene rings is 2. The van der Waals surface area contributed by atoms with E-state index in [0.717, 1.165) is 36.2 Å². The second kappa shape index (κ2) is 7.18. The third-order valence-corrected chi connectivity index (χ3v) is 6.48. The van der Waals surface area contributed by atoms with Crippen LogP contribution >= 0.6 is 0 Å². The highest BCUT2D eigenvalue weighted by atomic mass is 19.1. The number of nitrogens with zero attached hydrogens (tertiary/aromatic N) is 1. The highest BCUT2D eigenvalue weighted by molar-refractivity contribution is 6.39. The Labute approximate surface area is 178 Å². The zero-order chi connectivity index (χ0) is 20.9. The molecule has 6 rings (SSSR count). The van der Waals surface area contributed by atoms with Gasteiger partial charge in [0.2, 0.25) is 0 Å². The van der Waals surface area contributed by atoms with Crippen molar-refractivity contribution in [2.24, 2.45) is 17.0 Å². The van der Waals surface area contributed by atoms with Gasteiger partial charge >= 0.3 is 0 Å². The van der Waals surface area contributed by atoms with Crippen LogP contribution in [0.2, 0.25) is 0 Å². The number of fused-ring (bicyclic) bond motifs is 3. The Hall–Kier alpha value is -3.23. The molecule has 0 aromatic heterocycles. The van der Waals surface area contributed by atoms with Gasteiger partial charge in [0.05, 0.1) is 11.3 Å². The minimum atomic E-state index is -0.398. The zero-order valence-corrected chi connectivity index (χ0v) is 16.7. The number of carbonyl (C=O) groups is 1. The number of allylic oxidation sites excluding steroid dienone is 1. The van der Waals surface area contributed by atoms with Gasteiger partial charge in [-0.15, -0.1) is 0 Å². The smallest absolute Gasteiger partial charge is 0.258 e. The van der Waals surface area contributed by atoms with Crippen LogP contribution in [-0.2, 0) is 9.63 Å². The Kier molecular flexibility index (Phi) is 4.29. The quantitative estimate of drug-likeness (QED) is 0.339. The van der Waals surface area contributed by atoms with Crippen LogP contribution in [0.3, 0.4) is 0 Å². The molecule has 2 fully saturated rings. The SMILES string of the molecule is O=C1Nc2ccc(F)cc2/C1=C1/Nc2ccccc2/C1=N\OCCN[C@@H]1[C@@H]2CNC[C@@H]21. The summed E-state index contributed by atoms with van der Waals surface area (Å²) in [5, 5.41) is 17.4. The Morgan fingerprint density at radius 2 is 1.87 bits per heavy atom. The molecule has 3 heterocycles. The Bertz CT molecular complexity index is 1130. The molecule has 8 heteroatoms. The zero-order valence-electron chi connectivity index (χ0n) is 16.7. The summed E-state index contributed by atoms with van der Waals surface area (Å²) in [6.45, 7) is 3.32. The van der Waals surface area contributed by atoms with Crippen molar-refractivity contribution in [2.45, 2.75) is 6.04 Å². The van der Waals surface area contributed by atoms with E-state index >= 15 is 0 Å². The molecule has 0 unspecified atom stereocenters. The summed E-state index contributed by atoms with van der Waals surface area (Å²) in [5.74, 6) is 0.800. The van der Waals surface area contributed by atoms with E-state index in [4.69, 9.17) is 4.84 Å². The molecule has 1 aliphatic carbocycles. The van der Waals surface area contributed by atoms with E-state index in [2.05, 4.69) is 26.4 Å². The van der Waals surface area contributed by atoms with Crippen LogP contribution in [0.1, 0.15) is 11.1 Å². The number of hydrogen-bond acceptors (Lipinski definition) is 6. The van der Waals surface area contributed by atoms with E-state index in [1.165, 1.54) is 12.1 Å². The van der Waals surface area contributed by atoms with Crippen LogP contribution in [0.4, 0.5) is 15.8 Å². The molecule has 3 aliphatic heterocycles. The fourth-order valence-corrected chi connectivity index (χ4v) is 4.89. The maximum Gasteiger partial charge on any atom is 0.258 e. The van der Waals surface area contributed by atoms with Gasteiger partial charge in [0.15, 0.2) is 0 Å². The highest BCUT2D eigenvalue weighted by Crippen LogP contribution is 2.41. The Morgan fingerprint density at radius 1 is 1.06 bits per heavy atom. The van der Waals surface area contributed by atoms with Crippen LogP contribution in [0.5, 0.6) is 0 Å².